The van der Waals surface area contributed by atoms with Crippen LogP contribution in [-0.4, -0.2) is 43.5 Å². The quantitative estimate of drug-likeness (QED) is 0.329. The van der Waals surface area contributed by atoms with Crippen molar-refractivity contribution < 1.29 is 28.0 Å². The van der Waals surface area contributed by atoms with Gasteiger partial charge < -0.3 is 14.4 Å². The Morgan fingerprint density at radius 1 is 0.826 bits per heavy atom. The summed E-state index contributed by atoms with van der Waals surface area (Å²) in [7, 11) is -4.06. The zero-order valence-corrected chi connectivity index (χ0v) is 16.1. The van der Waals surface area contributed by atoms with Crippen LogP contribution in [0.4, 0.5) is 0 Å². The van der Waals surface area contributed by atoms with Crippen LogP contribution in [0.5, 0.6) is 0 Å². The largest absolute Gasteiger partial charge is 0.472 e. The Labute approximate surface area is 141 Å². The normalized spacial score (nSPS) is 16.9. The molecule has 7 heteroatoms. The van der Waals surface area contributed by atoms with Gasteiger partial charge in [-0.25, -0.2) is 4.57 Å². The van der Waals surface area contributed by atoms with E-state index in [1.165, 1.54) is 0 Å². The second kappa shape index (κ2) is 14.4. The Morgan fingerprint density at radius 3 is 1.52 bits per heavy atom. The summed E-state index contributed by atoms with van der Waals surface area (Å²) in [6.45, 7) is 9.47. The van der Waals surface area contributed by atoms with Crippen LogP contribution in [0.15, 0.2) is 0 Å². The summed E-state index contributed by atoms with van der Waals surface area (Å²) in [6, 6.07) is 0. The van der Waals surface area contributed by atoms with Gasteiger partial charge in [-0.1, -0.05) is 40.5 Å². The van der Waals surface area contributed by atoms with Gasteiger partial charge in [0.15, 0.2) is 0 Å². The van der Waals surface area contributed by atoms with E-state index < -0.39 is 7.82 Å². The minimum atomic E-state index is -4.06. The summed E-state index contributed by atoms with van der Waals surface area (Å²) in [6.07, 6.45) is 5.11. The number of phosphoric ester groups is 1. The molecule has 2 unspecified atom stereocenters. The number of hydrogen-bond donors (Lipinski definition) is 1. The Balaban J connectivity index is 4.07. The first-order chi connectivity index (χ1) is 11.0. The predicted molar refractivity (Wildman–Crippen MR) is 91.6 cm³/mol. The number of unbranched alkanes of at least 4 members (excludes halogenated alkanes) is 2. The van der Waals surface area contributed by atoms with Crippen molar-refractivity contribution in [1.82, 2.24) is 0 Å². The maximum absolute atomic E-state index is 11.9. The summed E-state index contributed by atoms with van der Waals surface area (Å²) in [5.74, 6) is 0. The van der Waals surface area contributed by atoms with Crippen molar-refractivity contribution in [2.45, 2.75) is 78.4 Å². The van der Waals surface area contributed by atoms with E-state index in [9.17, 15) is 9.46 Å². The Morgan fingerprint density at radius 2 is 1.22 bits per heavy atom. The lowest BCUT2D eigenvalue weighted by atomic mass is 10.3. The van der Waals surface area contributed by atoms with Gasteiger partial charge in [0.1, 0.15) is 0 Å². The molecule has 0 radical (unpaired) electrons. The van der Waals surface area contributed by atoms with Crippen LogP contribution in [0.25, 0.3) is 0 Å². The molecular weight excluding hydrogens is 319 g/mol. The molecule has 0 heterocycles. The molecule has 23 heavy (non-hydrogen) atoms. The van der Waals surface area contributed by atoms with E-state index >= 15 is 0 Å². The second-order valence-electron chi connectivity index (χ2n) is 5.57. The van der Waals surface area contributed by atoms with Crippen molar-refractivity contribution >= 4 is 7.82 Å². The van der Waals surface area contributed by atoms with Crippen LogP contribution < -0.4 is 0 Å². The number of ether oxygens (including phenoxy) is 2. The zero-order chi connectivity index (χ0) is 17.6. The molecule has 0 saturated carbocycles. The number of hydrogen-bond acceptors (Lipinski definition) is 5. The van der Waals surface area contributed by atoms with Gasteiger partial charge in [-0.2, -0.15) is 0 Å². The highest BCUT2D eigenvalue weighted by atomic mass is 31.2. The van der Waals surface area contributed by atoms with Gasteiger partial charge in [-0.15, -0.1) is 0 Å². The molecule has 0 aliphatic carbocycles. The molecule has 1 N–H and O–H groups in total. The summed E-state index contributed by atoms with van der Waals surface area (Å²) in [5.41, 5.74) is 0. The highest BCUT2D eigenvalue weighted by molar-refractivity contribution is 7.47. The topological polar surface area (TPSA) is 74.2 Å². The maximum Gasteiger partial charge on any atom is 0.472 e. The smallest absolute Gasteiger partial charge is 0.376 e. The first-order valence-electron chi connectivity index (χ1n) is 8.84. The third kappa shape index (κ3) is 13.0. The van der Waals surface area contributed by atoms with Crippen molar-refractivity contribution in [2.24, 2.45) is 0 Å². The minimum absolute atomic E-state index is 0.0570. The second-order valence-corrected chi connectivity index (χ2v) is 7.02. The first-order valence-corrected chi connectivity index (χ1v) is 10.3. The van der Waals surface area contributed by atoms with Crippen molar-refractivity contribution in [2.75, 3.05) is 26.4 Å². The SMILES string of the molecule is CCCCOC(CC)COP(=O)(O)OCC(CC)OCCCC. The zero-order valence-electron chi connectivity index (χ0n) is 15.2. The summed E-state index contributed by atoms with van der Waals surface area (Å²) < 4.78 is 33.2. The Bertz CT molecular complexity index is 287. The van der Waals surface area contributed by atoms with E-state index in [-0.39, 0.29) is 25.4 Å². The molecule has 0 rings (SSSR count). The maximum atomic E-state index is 11.9. The molecule has 140 valence electrons. The van der Waals surface area contributed by atoms with Gasteiger partial charge in [-0.05, 0) is 25.7 Å². The van der Waals surface area contributed by atoms with Crippen LogP contribution in [0.2, 0.25) is 0 Å². The van der Waals surface area contributed by atoms with Crippen LogP contribution in [0.1, 0.15) is 66.2 Å². The molecule has 0 aromatic heterocycles. The van der Waals surface area contributed by atoms with Gasteiger partial charge in [0.25, 0.3) is 0 Å². The monoisotopic (exact) mass is 354 g/mol. The van der Waals surface area contributed by atoms with Gasteiger partial charge in [0.05, 0.1) is 25.4 Å². The Hall–Kier alpha value is 0.0300. The lowest BCUT2D eigenvalue weighted by Gasteiger charge is -2.20. The van der Waals surface area contributed by atoms with E-state index in [1.54, 1.807) is 0 Å². The molecule has 0 amide bonds. The molecule has 0 aromatic carbocycles. The van der Waals surface area contributed by atoms with E-state index in [0.717, 1.165) is 38.5 Å². The molecule has 6 nitrogen and oxygen atoms in total. The fourth-order valence-corrected chi connectivity index (χ4v) is 2.53. The molecule has 0 spiro atoms. The lowest BCUT2D eigenvalue weighted by Crippen LogP contribution is -2.21. The van der Waals surface area contributed by atoms with E-state index in [2.05, 4.69) is 13.8 Å². The van der Waals surface area contributed by atoms with E-state index in [1.807, 2.05) is 13.8 Å². The average Bonchev–Trinajstić information content (AvgIpc) is 2.54. The van der Waals surface area contributed by atoms with E-state index in [0.29, 0.717) is 13.2 Å². The highest BCUT2D eigenvalue weighted by Crippen LogP contribution is 2.43. The number of phosphoric acid groups is 1. The van der Waals surface area contributed by atoms with Crippen molar-refractivity contribution in [3.63, 3.8) is 0 Å². The Kier molecular flexibility index (Phi) is 14.4. The van der Waals surface area contributed by atoms with E-state index in [4.69, 9.17) is 18.5 Å². The van der Waals surface area contributed by atoms with Gasteiger partial charge >= 0.3 is 7.82 Å². The van der Waals surface area contributed by atoms with Gasteiger partial charge in [-0.3, -0.25) is 9.05 Å². The highest BCUT2D eigenvalue weighted by Gasteiger charge is 2.25. The summed E-state index contributed by atoms with van der Waals surface area (Å²) in [5, 5.41) is 0. The molecule has 0 fully saturated rings. The minimum Gasteiger partial charge on any atom is -0.376 e. The molecule has 0 bridgehead atoms. The predicted octanol–water partition coefficient (Wildman–Crippen LogP) is 4.31. The van der Waals surface area contributed by atoms with Crippen LogP contribution >= 0.6 is 7.82 Å². The fourth-order valence-electron chi connectivity index (χ4n) is 1.75. The van der Waals surface area contributed by atoms with Crippen LogP contribution in [-0.2, 0) is 23.1 Å². The first kappa shape index (κ1) is 23.0. The third-order valence-corrected chi connectivity index (χ3v) is 4.41. The molecule has 0 saturated heterocycles. The number of rotatable bonds is 16. The van der Waals surface area contributed by atoms with Crippen molar-refractivity contribution in [3.8, 4) is 0 Å². The van der Waals surface area contributed by atoms with Crippen molar-refractivity contribution in [3.05, 3.63) is 0 Å². The summed E-state index contributed by atoms with van der Waals surface area (Å²) in [4.78, 5) is 9.75. The molecule has 0 aliphatic heterocycles. The molecule has 0 aromatic rings. The molecule has 0 aliphatic rings. The lowest BCUT2D eigenvalue weighted by molar-refractivity contribution is -0.0112. The van der Waals surface area contributed by atoms with Crippen LogP contribution in [0.3, 0.4) is 0 Å². The van der Waals surface area contributed by atoms with Gasteiger partial charge in [0, 0.05) is 13.2 Å². The van der Waals surface area contributed by atoms with Crippen LogP contribution in [0, 0.1) is 0 Å². The summed E-state index contributed by atoms with van der Waals surface area (Å²) >= 11 is 0. The van der Waals surface area contributed by atoms with Crippen molar-refractivity contribution in [1.29, 1.82) is 0 Å². The molecular formula is C16H35O6P. The fraction of sp³-hybridized carbons (Fsp3) is 1.00. The average molecular weight is 354 g/mol. The third-order valence-electron chi connectivity index (χ3n) is 3.46. The standard InChI is InChI=1S/C16H35O6P/c1-5-9-11-19-15(7-3)13-21-23(17,18)22-14-16(8-4)20-12-10-6-2/h15-16H,5-14H2,1-4H3,(H,17,18). The van der Waals surface area contributed by atoms with Gasteiger partial charge in [0.2, 0.25) is 0 Å². The molecule has 2 atom stereocenters.